The normalized spacial score (nSPS) is 18.4. The molecular weight excluding hydrogens is 338 g/mol. The summed E-state index contributed by atoms with van der Waals surface area (Å²) in [6.07, 6.45) is 3.63. The zero-order valence-electron chi connectivity index (χ0n) is 16.8. The quantitative estimate of drug-likeness (QED) is 0.740. The zero-order chi connectivity index (χ0) is 19.2. The third-order valence-electron chi connectivity index (χ3n) is 5.90. The van der Waals surface area contributed by atoms with Crippen molar-refractivity contribution in [3.8, 4) is 0 Å². The fraction of sp³-hybridized carbons (Fsp3) is 0.636. The molecule has 0 atom stereocenters. The lowest BCUT2D eigenvalue weighted by atomic mass is 9.84. The summed E-state index contributed by atoms with van der Waals surface area (Å²) in [5.74, 6) is 0.627. The number of carbonyl (C=O) groups is 2. The highest BCUT2D eigenvalue weighted by Crippen LogP contribution is 2.29. The minimum Gasteiger partial charge on any atom is -0.340 e. The monoisotopic (exact) mass is 371 g/mol. The molecule has 1 saturated carbocycles. The first kappa shape index (κ1) is 19.9. The largest absolute Gasteiger partial charge is 0.340 e. The van der Waals surface area contributed by atoms with Gasteiger partial charge in [0, 0.05) is 57.6 Å². The molecule has 148 valence electrons. The number of rotatable bonds is 7. The molecule has 1 aromatic rings. The summed E-state index contributed by atoms with van der Waals surface area (Å²) in [7, 11) is 0. The molecular formula is C22H33N3O2. The van der Waals surface area contributed by atoms with Gasteiger partial charge in [-0.3, -0.25) is 14.5 Å². The van der Waals surface area contributed by atoms with E-state index < -0.39 is 0 Å². The molecule has 1 aliphatic carbocycles. The van der Waals surface area contributed by atoms with Crippen molar-refractivity contribution in [3.05, 3.63) is 35.9 Å². The van der Waals surface area contributed by atoms with Crippen molar-refractivity contribution in [2.24, 2.45) is 5.92 Å². The van der Waals surface area contributed by atoms with Crippen LogP contribution < -0.4 is 0 Å². The Balaban J connectivity index is 1.42. The van der Waals surface area contributed by atoms with Crippen LogP contribution in [0.4, 0.5) is 0 Å². The maximum Gasteiger partial charge on any atom is 0.225 e. The number of hydrogen-bond acceptors (Lipinski definition) is 3. The van der Waals surface area contributed by atoms with Crippen LogP contribution in [0.25, 0.3) is 0 Å². The van der Waals surface area contributed by atoms with E-state index >= 15 is 0 Å². The third-order valence-corrected chi connectivity index (χ3v) is 5.90. The van der Waals surface area contributed by atoms with E-state index in [-0.39, 0.29) is 23.8 Å². The van der Waals surface area contributed by atoms with Gasteiger partial charge < -0.3 is 9.80 Å². The Morgan fingerprint density at radius 2 is 1.74 bits per heavy atom. The summed E-state index contributed by atoms with van der Waals surface area (Å²) in [6.45, 7) is 8.97. The molecule has 2 aliphatic rings. The van der Waals surface area contributed by atoms with E-state index in [1.807, 2.05) is 29.7 Å². The summed E-state index contributed by atoms with van der Waals surface area (Å²) in [4.78, 5) is 31.5. The van der Waals surface area contributed by atoms with Gasteiger partial charge in [-0.1, -0.05) is 36.8 Å². The van der Waals surface area contributed by atoms with Gasteiger partial charge in [0.15, 0.2) is 0 Å². The van der Waals surface area contributed by atoms with E-state index in [1.54, 1.807) is 0 Å². The smallest absolute Gasteiger partial charge is 0.225 e. The highest BCUT2D eigenvalue weighted by Gasteiger charge is 2.31. The van der Waals surface area contributed by atoms with Crippen molar-refractivity contribution in [2.75, 3.05) is 32.7 Å². The average Bonchev–Trinajstić information content (AvgIpc) is 2.61. The van der Waals surface area contributed by atoms with Crippen molar-refractivity contribution in [1.82, 2.24) is 14.7 Å². The van der Waals surface area contributed by atoms with Crippen LogP contribution in [0, 0.1) is 5.92 Å². The summed E-state index contributed by atoms with van der Waals surface area (Å²) >= 11 is 0. The van der Waals surface area contributed by atoms with Crippen molar-refractivity contribution in [1.29, 1.82) is 0 Å². The molecule has 0 radical (unpaired) electrons. The minimum atomic E-state index is 0.161. The molecule has 1 aromatic carbocycles. The maximum atomic E-state index is 12.6. The van der Waals surface area contributed by atoms with E-state index in [2.05, 4.69) is 29.2 Å². The number of amides is 2. The summed E-state index contributed by atoms with van der Waals surface area (Å²) in [6, 6.07) is 10.6. The first-order chi connectivity index (χ1) is 13.0. The van der Waals surface area contributed by atoms with Gasteiger partial charge in [0.25, 0.3) is 0 Å². The van der Waals surface area contributed by atoms with Crippen molar-refractivity contribution in [3.63, 3.8) is 0 Å². The summed E-state index contributed by atoms with van der Waals surface area (Å²) < 4.78 is 0. The molecule has 0 spiro atoms. The van der Waals surface area contributed by atoms with E-state index in [4.69, 9.17) is 0 Å². The van der Waals surface area contributed by atoms with Gasteiger partial charge in [-0.2, -0.15) is 0 Å². The number of carbonyl (C=O) groups excluding carboxylic acids is 2. The van der Waals surface area contributed by atoms with Gasteiger partial charge in [-0.15, -0.1) is 0 Å². The maximum absolute atomic E-state index is 12.6. The highest BCUT2D eigenvalue weighted by atomic mass is 16.2. The zero-order valence-corrected chi connectivity index (χ0v) is 16.8. The second-order valence-corrected chi connectivity index (χ2v) is 8.15. The Morgan fingerprint density at radius 1 is 1.07 bits per heavy atom. The highest BCUT2D eigenvalue weighted by molar-refractivity contribution is 5.81. The van der Waals surface area contributed by atoms with E-state index in [0.29, 0.717) is 13.0 Å². The lowest BCUT2D eigenvalue weighted by Gasteiger charge is -2.36. The van der Waals surface area contributed by atoms with Gasteiger partial charge in [-0.25, -0.2) is 0 Å². The van der Waals surface area contributed by atoms with E-state index in [0.717, 1.165) is 52.0 Å². The number of piperazine rings is 1. The molecule has 1 aliphatic heterocycles. The first-order valence-corrected chi connectivity index (χ1v) is 10.4. The standard InChI is InChI=1S/C22H33N3O2/c1-18(2)25(22(27)20-9-6-10-20)12-11-21(26)24-15-13-23(14-16-24)17-19-7-4-3-5-8-19/h3-5,7-8,18,20H,6,9-17H2,1-2H3. The second-order valence-electron chi connectivity index (χ2n) is 8.15. The molecule has 0 bridgehead atoms. The third kappa shape index (κ3) is 5.32. The fourth-order valence-electron chi connectivity index (χ4n) is 3.88. The van der Waals surface area contributed by atoms with Crippen molar-refractivity contribution < 1.29 is 9.59 Å². The summed E-state index contributed by atoms with van der Waals surface area (Å²) in [5, 5.41) is 0. The molecule has 27 heavy (non-hydrogen) atoms. The Kier molecular flexibility index (Phi) is 6.89. The molecule has 0 unspecified atom stereocenters. The Bertz CT molecular complexity index is 620. The number of benzene rings is 1. The topological polar surface area (TPSA) is 43.9 Å². The molecule has 2 fully saturated rings. The second kappa shape index (κ2) is 9.36. The van der Waals surface area contributed by atoms with Crippen molar-refractivity contribution in [2.45, 2.75) is 52.1 Å². The Labute approximate surface area is 163 Å². The lowest BCUT2D eigenvalue weighted by Crippen LogP contribution is -2.49. The SMILES string of the molecule is CC(C)N(CCC(=O)N1CCN(Cc2ccccc2)CC1)C(=O)C1CCC1. The molecule has 1 saturated heterocycles. The van der Waals surface area contributed by atoms with Crippen molar-refractivity contribution >= 4 is 11.8 Å². The van der Waals surface area contributed by atoms with Crippen LogP contribution in [-0.2, 0) is 16.1 Å². The van der Waals surface area contributed by atoms with Gasteiger partial charge in [0.2, 0.25) is 11.8 Å². The first-order valence-electron chi connectivity index (χ1n) is 10.4. The van der Waals surface area contributed by atoms with E-state index in [9.17, 15) is 9.59 Å². The Hall–Kier alpha value is -1.88. The van der Waals surface area contributed by atoms with Crippen LogP contribution in [0.2, 0.25) is 0 Å². The molecule has 1 heterocycles. The number of hydrogen-bond donors (Lipinski definition) is 0. The molecule has 3 rings (SSSR count). The van der Waals surface area contributed by atoms with Gasteiger partial charge >= 0.3 is 0 Å². The van der Waals surface area contributed by atoms with Crippen LogP contribution in [0.15, 0.2) is 30.3 Å². The molecule has 2 amide bonds. The molecule has 5 nitrogen and oxygen atoms in total. The lowest BCUT2D eigenvalue weighted by molar-refractivity contribution is -0.141. The molecule has 0 aromatic heterocycles. The van der Waals surface area contributed by atoms with Gasteiger partial charge in [-0.05, 0) is 32.3 Å². The number of nitrogens with zero attached hydrogens (tertiary/aromatic N) is 3. The van der Waals surface area contributed by atoms with E-state index in [1.165, 1.54) is 5.56 Å². The van der Waals surface area contributed by atoms with Crippen LogP contribution >= 0.6 is 0 Å². The summed E-state index contributed by atoms with van der Waals surface area (Å²) in [5.41, 5.74) is 1.32. The predicted octanol–water partition coefficient (Wildman–Crippen LogP) is 2.76. The van der Waals surface area contributed by atoms with Gasteiger partial charge in [0.05, 0.1) is 0 Å². The predicted molar refractivity (Wildman–Crippen MR) is 107 cm³/mol. The van der Waals surface area contributed by atoms with Crippen LogP contribution in [0.3, 0.4) is 0 Å². The van der Waals surface area contributed by atoms with Gasteiger partial charge in [0.1, 0.15) is 0 Å². The fourth-order valence-corrected chi connectivity index (χ4v) is 3.88. The van der Waals surface area contributed by atoms with Crippen LogP contribution in [0.5, 0.6) is 0 Å². The average molecular weight is 372 g/mol. The molecule has 5 heteroatoms. The Morgan fingerprint density at radius 3 is 2.30 bits per heavy atom. The minimum absolute atomic E-state index is 0.161. The van der Waals surface area contributed by atoms with Crippen LogP contribution in [-0.4, -0.2) is 65.3 Å². The molecule has 0 N–H and O–H groups in total. The van der Waals surface area contributed by atoms with Crippen LogP contribution in [0.1, 0.15) is 45.1 Å².